The molecule has 0 saturated heterocycles. The minimum atomic E-state index is -0.191. The summed E-state index contributed by atoms with van der Waals surface area (Å²) in [6.45, 7) is 4.21. The van der Waals surface area contributed by atoms with Gasteiger partial charge in [-0.05, 0) is 43.3 Å². The van der Waals surface area contributed by atoms with Crippen molar-refractivity contribution in [3.63, 3.8) is 0 Å². The van der Waals surface area contributed by atoms with Crippen molar-refractivity contribution < 1.29 is 5.11 Å². The fourth-order valence-electron chi connectivity index (χ4n) is 3.14. The molecule has 1 aromatic heterocycles. The molecule has 2 aromatic carbocycles. The normalized spacial score (nSPS) is 11.3. The lowest BCUT2D eigenvalue weighted by molar-refractivity contribution is 0.321. The first kappa shape index (κ1) is 17.2. The molecule has 0 spiro atoms. The highest BCUT2D eigenvalue weighted by molar-refractivity contribution is 5.99. The van der Waals surface area contributed by atoms with Gasteiger partial charge in [0.2, 0.25) is 0 Å². The molecular weight excluding hydrogens is 312 g/mol. The quantitative estimate of drug-likeness (QED) is 0.711. The molecule has 25 heavy (non-hydrogen) atoms. The maximum atomic E-state index is 12.0. The Morgan fingerprint density at radius 2 is 1.88 bits per heavy atom. The number of phenols is 1. The predicted octanol–water partition coefficient (Wildman–Crippen LogP) is 4.13. The highest BCUT2D eigenvalue weighted by Crippen LogP contribution is 2.32. The zero-order valence-corrected chi connectivity index (χ0v) is 14.7. The lowest BCUT2D eigenvalue weighted by Crippen LogP contribution is -2.18. The third kappa shape index (κ3) is 3.74. The average molecular weight is 336 g/mol. The van der Waals surface area contributed by atoms with Crippen LogP contribution < -0.4 is 5.56 Å². The number of nitrogens with zero attached hydrogens (tertiary/aromatic N) is 1. The molecule has 3 rings (SSSR count). The van der Waals surface area contributed by atoms with Crippen molar-refractivity contribution in [2.24, 2.45) is 0 Å². The molecule has 0 aliphatic heterocycles. The summed E-state index contributed by atoms with van der Waals surface area (Å²) in [6.07, 6.45) is 4.08. The molecule has 0 unspecified atom stereocenters. The lowest BCUT2D eigenvalue weighted by atomic mass is 9.99. The van der Waals surface area contributed by atoms with Crippen molar-refractivity contribution in [1.82, 2.24) is 9.88 Å². The molecule has 0 bridgehead atoms. The van der Waals surface area contributed by atoms with Gasteiger partial charge in [0.05, 0.1) is 5.39 Å². The molecule has 0 radical (unpaired) electrons. The van der Waals surface area contributed by atoms with E-state index in [4.69, 9.17) is 0 Å². The van der Waals surface area contributed by atoms with E-state index in [-0.39, 0.29) is 11.3 Å². The van der Waals surface area contributed by atoms with Gasteiger partial charge in [0.15, 0.2) is 0 Å². The fourth-order valence-corrected chi connectivity index (χ4v) is 3.14. The van der Waals surface area contributed by atoms with Crippen LogP contribution in [-0.4, -0.2) is 28.6 Å². The van der Waals surface area contributed by atoms with Crippen molar-refractivity contribution in [2.75, 3.05) is 13.6 Å². The third-order valence-electron chi connectivity index (χ3n) is 4.51. The van der Waals surface area contributed by atoms with Crippen molar-refractivity contribution in [3.05, 3.63) is 64.6 Å². The topological polar surface area (TPSA) is 56.3 Å². The minimum absolute atomic E-state index is 0.127. The summed E-state index contributed by atoms with van der Waals surface area (Å²) in [5.74, 6) is 0.127. The molecule has 2 N–H and O–H groups in total. The Bertz CT molecular complexity index is 913. The molecule has 0 atom stereocenters. The predicted molar refractivity (Wildman–Crippen MR) is 103 cm³/mol. The van der Waals surface area contributed by atoms with Gasteiger partial charge in [0.25, 0.3) is 5.56 Å². The van der Waals surface area contributed by atoms with Crippen molar-refractivity contribution in [1.29, 1.82) is 0 Å². The second-order valence-electron chi connectivity index (χ2n) is 6.52. The maximum Gasteiger partial charge on any atom is 0.255 e. The molecule has 0 fully saturated rings. The summed E-state index contributed by atoms with van der Waals surface area (Å²) >= 11 is 0. The van der Waals surface area contributed by atoms with Gasteiger partial charge in [-0.1, -0.05) is 43.7 Å². The number of hydrogen-bond acceptors (Lipinski definition) is 3. The number of rotatable bonds is 6. The van der Waals surface area contributed by atoms with E-state index in [0.29, 0.717) is 10.8 Å². The van der Waals surface area contributed by atoms with E-state index < -0.39 is 0 Å². The van der Waals surface area contributed by atoms with Gasteiger partial charge in [-0.25, -0.2) is 0 Å². The smallest absolute Gasteiger partial charge is 0.255 e. The highest BCUT2D eigenvalue weighted by Gasteiger charge is 2.11. The summed E-state index contributed by atoms with van der Waals surface area (Å²) in [7, 11) is 2.14. The van der Waals surface area contributed by atoms with Crippen LogP contribution >= 0.6 is 0 Å². The van der Waals surface area contributed by atoms with Crippen LogP contribution in [0.1, 0.15) is 25.3 Å². The molecule has 4 heteroatoms. The van der Waals surface area contributed by atoms with Crippen LogP contribution in [0.15, 0.2) is 53.5 Å². The van der Waals surface area contributed by atoms with Crippen LogP contribution in [0.2, 0.25) is 0 Å². The van der Waals surface area contributed by atoms with Gasteiger partial charge in [-0.15, -0.1) is 0 Å². The molecule has 3 aromatic rings. The molecule has 0 aliphatic rings. The fraction of sp³-hybridized carbons (Fsp3) is 0.286. The first-order chi connectivity index (χ1) is 12.1. The van der Waals surface area contributed by atoms with Crippen molar-refractivity contribution in [2.45, 2.75) is 26.3 Å². The van der Waals surface area contributed by atoms with Crippen molar-refractivity contribution >= 4 is 10.8 Å². The van der Waals surface area contributed by atoms with Gasteiger partial charge in [0.1, 0.15) is 5.75 Å². The van der Waals surface area contributed by atoms with Crippen LogP contribution in [-0.2, 0) is 6.54 Å². The van der Waals surface area contributed by atoms with Gasteiger partial charge < -0.3 is 15.0 Å². The van der Waals surface area contributed by atoms with Crippen LogP contribution in [0, 0.1) is 0 Å². The van der Waals surface area contributed by atoms with Crippen LogP contribution in [0.5, 0.6) is 5.75 Å². The van der Waals surface area contributed by atoms with Gasteiger partial charge in [0, 0.05) is 23.7 Å². The number of aromatic amines is 1. The molecule has 1 heterocycles. The Labute approximate surface area is 147 Å². The number of hydrogen-bond donors (Lipinski definition) is 2. The van der Waals surface area contributed by atoms with Gasteiger partial charge in [-0.2, -0.15) is 0 Å². The Hall–Kier alpha value is -2.59. The first-order valence-corrected chi connectivity index (χ1v) is 8.71. The summed E-state index contributed by atoms with van der Waals surface area (Å²) in [5.41, 5.74) is 2.87. The average Bonchev–Trinajstić information content (AvgIpc) is 2.62. The Morgan fingerprint density at radius 1 is 1.12 bits per heavy atom. The van der Waals surface area contributed by atoms with Gasteiger partial charge in [-0.3, -0.25) is 4.79 Å². The Balaban J connectivity index is 1.92. The number of pyridine rings is 1. The molecule has 0 aliphatic carbocycles. The number of H-pyrrole nitrogens is 1. The maximum absolute atomic E-state index is 12.0. The van der Waals surface area contributed by atoms with Crippen LogP contribution in [0.3, 0.4) is 0 Å². The number of unbranched alkanes of at least 4 members (excludes halogenated alkanes) is 1. The van der Waals surface area contributed by atoms with Gasteiger partial charge >= 0.3 is 0 Å². The van der Waals surface area contributed by atoms with E-state index in [1.165, 1.54) is 18.4 Å². The molecular formula is C21H24N2O2. The zero-order chi connectivity index (χ0) is 17.8. The number of fused-ring (bicyclic) bond motifs is 1. The lowest BCUT2D eigenvalue weighted by Gasteiger charge is -2.16. The van der Waals surface area contributed by atoms with E-state index in [1.54, 1.807) is 24.4 Å². The summed E-state index contributed by atoms with van der Waals surface area (Å²) < 4.78 is 0. The first-order valence-electron chi connectivity index (χ1n) is 8.71. The van der Waals surface area contributed by atoms with E-state index in [1.807, 2.05) is 12.1 Å². The second-order valence-corrected chi connectivity index (χ2v) is 6.52. The monoisotopic (exact) mass is 336 g/mol. The Morgan fingerprint density at radius 3 is 2.60 bits per heavy atom. The van der Waals surface area contributed by atoms with E-state index in [9.17, 15) is 9.90 Å². The summed E-state index contributed by atoms with van der Waals surface area (Å²) in [6, 6.07) is 13.3. The molecule has 4 nitrogen and oxygen atoms in total. The zero-order valence-electron chi connectivity index (χ0n) is 14.7. The van der Waals surface area contributed by atoms with Crippen LogP contribution in [0.25, 0.3) is 21.9 Å². The largest absolute Gasteiger partial charge is 0.507 e. The molecule has 130 valence electrons. The summed E-state index contributed by atoms with van der Waals surface area (Å²) in [4.78, 5) is 17.1. The number of aromatic nitrogens is 1. The summed E-state index contributed by atoms with van der Waals surface area (Å²) in [5, 5.41) is 11.3. The van der Waals surface area contributed by atoms with Crippen molar-refractivity contribution in [3.8, 4) is 16.9 Å². The molecule has 0 amide bonds. The third-order valence-corrected chi connectivity index (χ3v) is 4.51. The standard InChI is InChI=1S/C21H24N2O2/c1-3-4-12-23(2)14-15-8-10-16(11-9-15)18-13-22-21(25)17-6-5-7-19(24)20(17)18/h5-11,13,24H,3-4,12,14H2,1-2H3,(H,22,25). The van der Waals surface area contributed by atoms with Crippen LogP contribution in [0.4, 0.5) is 0 Å². The molecule has 0 saturated carbocycles. The minimum Gasteiger partial charge on any atom is -0.507 e. The number of phenolic OH excluding ortho intramolecular Hbond substituents is 1. The SMILES string of the molecule is CCCCN(C)Cc1ccc(-c2c[nH]c(=O)c3cccc(O)c23)cc1. The number of benzene rings is 2. The van der Waals surface area contributed by atoms with E-state index in [0.717, 1.165) is 24.2 Å². The second kappa shape index (κ2) is 7.53. The number of nitrogens with one attached hydrogen (secondary N) is 1. The highest BCUT2D eigenvalue weighted by atomic mass is 16.3. The number of aromatic hydroxyl groups is 1. The van der Waals surface area contributed by atoms with E-state index >= 15 is 0 Å². The Kier molecular flexibility index (Phi) is 5.19. The van der Waals surface area contributed by atoms with E-state index in [2.05, 4.69) is 36.0 Å².